The van der Waals surface area contributed by atoms with Crippen LogP contribution in [0, 0.1) is 28.6 Å². The van der Waals surface area contributed by atoms with Crippen molar-refractivity contribution in [1.29, 1.82) is 0 Å². The van der Waals surface area contributed by atoms with E-state index in [2.05, 4.69) is 27.4 Å². The summed E-state index contributed by atoms with van der Waals surface area (Å²) >= 11 is 6.75. The molecule has 9 heteroatoms. The highest BCUT2D eigenvalue weighted by molar-refractivity contribution is 6.20. The number of nitrogens with zero attached hydrogens (tertiary/aromatic N) is 1. The Morgan fingerprint density at radius 3 is 2.55 bits per heavy atom. The van der Waals surface area contributed by atoms with E-state index in [1.165, 1.54) is 7.11 Å². The lowest BCUT2D eigenvalue weighted by Crippen LogP contribution is -2.56. The molecule has 3 aliphatic rings. The largest absolute Gasteiger partial charge is 0.469 e. The number of methoxy groups -OCH3 is 1. The number of carbonyl (C=O) groups is 3. The summed E-state index contributed by atoms with van der Waals surface area (Å²) in [5, 5.41) is 22.6. The average molecular weight is 576 g/mol. The molecule has 0 radical (unpaired) electrons. The fourth-order valence-electron chi connectivity index (χ4n) is 7.72. The molecule has 40 heavy (non-hydrogen) atoms. The van der Waals surface area contributed by atoms with Gasteiger partial charge in [-0.2, -0.15) is 0 Å². The van der Waals surface area contributed by atoms with Gasteiger partial charge in [0.25, 0.3) is 0 Å². The van der Waals surface area contributed by atoms with Gasteiger partial charge in [-0.1, -0.05) is 57.7 Å². The van der Waals surface area contributed by atoms with Crippen LogP contribution in [0.5, 0.6) is 0 Å². The summed E-state index contributed by atoms with van der Waals surface area (Å²) in [6.07, 6.45) is -0.726. The molecule has 1 heterocycles. The first-order valence-corrected chi connectivity index (χ1v) is 14.5. The van der Waals surface area contributed by atoms with Crippen molar-refractivity contribution in [1.82, 2.24) is 4.90 Å². The van der Waals surface area contributed by atoms with Crippen LogP contribution in [0.1, 0.15) is 58.4 Å². The second-order valence-electron chi connectivity index (χ2n) is 12.8. The van der Waals surface area contributed by atoms with E-state index in [-0.39, 0.29) is 41.1 Å². The summed E-state index contributed by atoms with van der Waals surface area (Å²) in [4.78, 5) is 40.1. The minimum atomic E-state index is -1.30. The van der Waals surface area contributed by atoms with Crippen LogP contribution in [0.25, 0.3) is 0 Å². The van der Waals surface area contributed by atoms with E-state index in [0.29, 0.717) is 24.8 Å². The number of ether oxygens (including phenoxy) is 2. The number of hydrogen-bond donors (Lipinski definition) is 2. The van der Waals surface area contributed by atoms with E-state index < -0.39 is 48.6 Å². The van der Waals surface area contributed by atoms with Gasteiger partial charge in [0.1, 0.15) is 6.61 Å². The summed E-state index contributed by atoms with van der Waals surface area (Å²) < 4.78 is 10.1. The first-order valence-electron chi connectivity index (χ1n) is 14.1. The Bertz CT molecular complexity index is 1120. The van der Waals surface area contributed by atoms with Gasteiger partial charge in [-0.05, 0) is 65.9 Å². The summed E-state index contributed by atoms with van der Waals surface area (Å²) in [5.74, 6) is -2.82. The summed E-state index contributed by atoms with van der Waals surface area (Å²) in [7, 11) is 1.22. The van der Waals surface area contributed by atoms with Gasteiger partial charge in [-0.15, -0.1) is 11.6 Å². The van der Waals surface area contributed by atoms with Crippen molar-refractivity contribution < 1.29 is 34.1 Å². The van der Waals surface area contributed by atoms with Gasteiger partial charge in [0.2, 0.25) is 5.91 Å². The molecule has 2 N–H and O–H groups in total. The molecule has 2 aliphatic carbocycles. The van der Waals surface area contributed by atoms with E-state index in [4.69, 9.17) is 21.1 Å². The predicted octanol–water partition coefficient (Wildman–Crippen LogP) is 4.49. The molecule has 4 rings (SSSR count). The molecule has 1 aromatic rings. The van der Waals surface area contributed by atoms with Gasteiger partial charge in [-0.25, -0.2) is 9.69 Å². The Morgan fingerprint density at radius 1 is 1.23 bits per heavy atom. The maximum Gasteiger partial charge on any atom is 0.416 e. The van der Waals surface area contributed by atoms with Crippen LogP contribution in [0.2, 0.25) is 0 Å². The number of imide groups is 1. The Kier molecular flexibility index (Phi) is 9.03. The van der Waals surface area contributed by atoms with Crippen LogP contribution in [0.3, 0.4) is 0 Å². The third kappa shape index (κ3) is 5.95. The molecule has 0 bridgehead atoms. The summed E-state index contributed by atoms with van der Waals surface area (Å²) in [6, 6.07) is 8.87. The molecule has 1 aromatic carbocycles. The number of amides is 2. The van der Waals surface area contributed by atoms with Gasteiger partial charge in [0, 0.05) is 5.38 Å². The fourth-order valence-corrected chi connectivity index (χ4v) is 8.45. The summed E-state index contributed by atoms with van der Waals surface area (Å²) in [6.45, 7) is 10.7. The lowest BCUT2D eigenvalue weighted by Gasteiger charge is -2.60. The monoisotopic (exact) mass is 575 g/mol. The molecule has 1 saturated heterocycles. The highest BCUT2D eigenvalue weighted by Crippen LogP contribution is 2.62. The van der Waals surface area contributed by atoms with Crippen molar-refractivity contribution in [3.63, 3.8) is 0 Å². The fraction of sp³-hybridized carbons (Fsp3) is 0.645. The highest BCUT2D eigenvalue weighted by Gasteiger charge is 2.57. The lowest BCUT2D eigenvalue weighted by atomic mass is 9.46. The molecule has 3 fully saturated rings. The predicted molar refractivity (Wildman–Crippen MR) is 150 cm³/mol. The van der Waals surface area contributed by atoms with Crippen molar-refractivity contribution in [2.45, 2.75) is 82.9 Å². The molecule has 2 amide bonds. The number of aliphatic hydroxyl groups is 2. The van der Waals surface area contributed by atoms with Gasteiger partial charge < -0.3 is 19.7 Å². The normalized spacial score (nSPS) is 33.1. The number of benzene rings is 1. The first-order chi connectivity index (χ1) is 18.8. The number of rotatable bonds is 8. The van der Waals surface area contributed by atoms with Crippen molar-refractivity contribution >= 4 is 29.6 Å². The Labute approximate surface area is 241 Å². The zero-order chi connectivity index (χ0) is 29.4. The quantitative estimate of drug-likeness (QED) is 0.267. The molecule has 0 spiro atoms. The summed E-state index contributed by atoms with van der Waals surface area (Å²) in [5.41, 5.74) is 1.00. The zero-order valence-corrected chi connectivity index (χ0v) is 24.6. The molecule has 220 valence electrons. The van der Waals surface area contributed by atoms with Gasteiger partial charge >= 0.3 is 12.1 Å². The van der Waals surface area contributed by atoms with Crippen molar-refractivity contribution in [2.24, 2.45) is 28.6 Å². The molecule has 1 aliphatic heterocycles. The van der Waals surface area contributed by atoms with Crippen LogP contribution >= 0.6 is 11.6 Å². The number of fused-ring (bicyclic) bond motifs is 1. The molecule has 0 unspecified atom stereocenters. The maximum absolute atomic E-state index is 13.9. The number of alkyl halides is 1. The Morgan fingerprint density at radius 2 is 1.90 bits per heavy atom. The Hall–Kier alpha value is -2.42. The second-order valence-corrected chi connectivity index (χ2v) is 13.4. The van der Waals surface area contributed by atoms with Crippen molar-refractivity contribution in [2.75, 3.05) is 13.7 Å². The van der Waals surface area contributed by atoms with E-state index in [1.807, 2.05) is 30.3 Å². The van der Waals surface area contributed by atoms with E-state index in [1.54, 1.807) is 0 Å². The maximum atomic E-state index is 13.9. The standard InChI is InChI=1S/C31H42ClNO7/c1-18-23(31(4)16-20(32)15-30(2,3)26(31)14-24(18)34)13-25(35)22(12-27(36)39-5)28(37)33-21(17-40-29(33)38)11-19-9-7-6-8-10-19/h6-10,20-26,34-35H,1,11-17H2,2-5H3/t20-,21+,22+,23-,24-,25-,26-,31+/m0/s1. The van der Waals surface area contributed by atoms with Gasteiger partial charge in [0.15, 0.2) is 0 Å². The third-order valence-electron chi connectivity index (χ3n) is 9.66. The molecule has 8 atom stereocenters. The minimum Gasteiger partial charge on any atom is -0.469 e. The second kappa shape index (κ2) is 11.8. The number of cyclic esters (lactones) is 1. The first kappa shape index (κ1) is 30.5. The zero-order valence-electron chi connectivity index (χ0n) is 23.8. The number of aliphatic hydroxyl groups excluding tert-OH is 2. The van der Waals surface area contributed by atoms with Crippen LogP contribution in [0.4, 0.5) is 4.79 Å². The molecule has 2 saturated carbocycles. The smallest absolute Gasteiger partial charge is 0.416 e. The van der Waals surface area contributed by atoms with Gasteiger partial charge in [0.05, 0.1) is 37.7 Å². The molecule has 0 aromatic heterocycles. The Balaban J connectivity index is 1.62. The van der Waals surface area contributed by atoms with Crippen LogP contribution < -0.4 is 0 Å². The van der Waals surface area contributed by atoms with E-state index >= 15 is 0 Å². The number of halogens is 1. The third-order valence-corrected chi connectivity index (χ3v) is 9.97. The molecular formula is C31H42ClNO7. The van der Waals surface area contributed by atoms with E-state index in [9.17, 15) is 24.6 Å². The average Bonchev–Trinajstić information content (AvgIpc) is 3.25. The number of hydrogen-bond acceptors (Lipinski definition) is 7. The van der Waals surface area contributed by atoms with Crippen molar-refractivity contribution in [3.05, 3.63) is 48.0 Å². The minimum absolute atomic E-state index is 0.0259. The number of esters is 1. The molecule has 8 nitrogen and oxygen atoms in total. The van der Waals surface area contributed by atoms with E-state index in [0.717, 1.165) is 16.9 Å². The SMILES string of the molecule is C=C1[C@@H](O)C[C@H]2C(C)(C)C[C@H](Cl)C[C@]2(C)[C@H]1C[C@H](O)[C@@H](CC(=O)OC)C(=O)N1C(=O)OC[C@H]1Cc1ccccc1. The van der Waals surface area contributed by atoms with Crippen LogP contribution in [-0.2, 0) is 25.5 Å². The van der Waals surface area contributed by atoms with Crippen LogP contribution in [0.15, 0.2) is 42.5 Å². The van der Waals surface area contributed by atoms with Crippen LogP contribution in [-0.4, -0.2) is 70.4 Å². The molecular weight excluding hydrogens is 534 g/mol. The lowest BCUT2D eigenvalue weighted by molar-refractivity contribution is -0.150. The number of carbonyl (C=O) groups excluding carboxylic acids is 3. The van der Waals surface area contributed by atoms with Gasteiger partial charge in [-0.3, -0.25) is 9.59 Å². The topological polar surface area (TPSA) is 113 Å². The highest BCUT2D eigenvalue weighted by atomic mass is 35.5. The van der Waals surface area contributed by atoms with Crippen molar-refractivity contribution in [3.8, 4) is 0 Å².